The number of thioether (sulfide) groups is 1. The summed E-state index contributed by atoms with van der Waals surface area (Å²) in [5.74, 6) is 1.28. The van der Waals surface area contributed by atoms with Crippen LogP contribution in [0.25, 0.3) is 23.1 Å². The number of benzene rings is 2. The highest BCUT2D eigenvalue weighted by atomic mass is 32.2. The van der Waals surface area contributed by atoms with E-state index in [4.69, 9.17) is 4.42 Å². The minimum atomic E-state index is -0.335. The summed E-state index contributed by atoms with van der Waals surface area (Å²) in [6, 6.07) is 15.6. The molecular formula is C22H19N3O2S. The molecule has 2 heterocycles. The smallest absolute Gasteiger partial charge is 0.336 e. The van der Waals surface area contributed by atoms with E-state index >= 15 is 0 Å². The van der Waals surface area contributed by atoms with Gasteiger partial charge in [0.15, 0.2) is 0 Å². The molecule has 0 spiro atoms. The molecule has 4 aromatic rings. The largest absolute Gasteiger partial charge is 0.422 e. The number of hydrogen-bond acceptors (Lipinski definition) is 5. The average Bonchev–Trinajstić information content (AvgIpc) is 3.16. The molecule has 0 unspecified atom stereocenters. The van der Waals surface area contributed by atoms with Crippen molar-refractivity contribution < 1.29 is 4.42 Å². The Kier molecular flexibility index (Phi) is 5.12. The molecule has 0 aliphatic heterocycles. The Morgan fingerprint density at radius 3 is 2.75 bits per heavy atom. The topological polar surface area (TPSA) is 71.8 Å². The number of aromatic nitrogens is 3. The summed E-state index contributed by atoms with van der Waals surface area (Å²) in [6.45, 7) is 3.98. The first-order valence-electron chi connectivity index (χ1n) is 8.91. The van der Waals surface area contributed by atoms with Gasteiger partial charge in [0.05, 0.1) is 0 Å². The van der Waals surface area contributed by atoms with Gasteiger partial charge in [-0.2, -0.15) is 0 Å². The van der Waals surface area contributed by atoms with E-state index in [-0.39, 0.29) is 5.63 Å². The Labute approximate surface area is 166 Å². The summed E-state index contributed by atoms with van der Waals surface area (Å²) in [6.07, 6.45) is 3.88. The third-order valence-electron chi connectivity index (χ3n) is 4.59. The fourth-order valence-corrected chi connectivity index (χ4v) is 3.72. The highest BCUT2D eigenvalue weighted by molar-refractivity contribution is 7.98. The number of aromatic amines is 1. The van der Waals surface area contributed by atoms with Gasteiger partial charge in [0.1, 0.15) is 11.4 Å². The van der Waals surface area contributed by atoms with Crippen molar-refractivity contribution in [3.63, 3.8) is 0 Å². The number of rotatable bonds is 5. The fourth-order valence-electron chi connectivity index (χ4n) is 2.92. The zero-order valence-electron chi connectivity index (χ0n) is 15.6. The molecule has 0 radical (unpaired) electrons. The van der Waals surface area contributed by atoms with Crippen LogP contribution in [0.5, 0.6) is 0 Å². The Balaban J connectivity index is 1.53. The van der Waals surface area contributed by atoms with E-state index in [1.165, 1.54) is 11.8 Å². The molecule has 0 bridgehead atoms. The molecule has 0 saturated heterocycles. The van der Waals surface area contributed by atoms with Crippen LogP contribution in [0.2, 0.25) is 0 Å². The first kappa shape index (κ1) is 18.3. The van der Waals surface area contributed by atoms with Gasteiger partial charge in [0, 0.05) is 17.2 Å². The predicted molar refractivity (Wildman–Crippen MR) is 113 cm³/mol. The molecule has 1 N–H and O–H groups in total. The van der Waals surface area contributed by atoms with Crippen molar-refractivity contribution in [2.24, 2.45) is 0 Å². The normalized spacial score (nSPS) is 11.5. The van der Waals surface area contributed by atoms with Gasteiger partial charge in [-0.15, -0.1) is 5.10 Å². The second-order valence-corrected chi connectivity index (χ2v) is 7.45. The van der Waals surface area contributed by atoms with Crippen LogP contribution in [-0.4, -0.2) is 15.2 Å². The van der Waals surface area contributed by atoms with Crippen LogP contribution in [0.3, 0.4) is 0 Å². The maximum absolute atomic E-state index is 12.0. The SMILES string of the molecule is Cc1ccc2c(CSc3n[nH]c(/C=C/c4ccccc4)n3)cc(=O)oc2c1C. The Morgan fingerprint density at radius 2 is 1.93 bits per heavy atom. The lowest BCUT2D eigenvalue weighted by molar-refractivity contribution is 0.557. The van der Waals surface area contributed by atoms with Crippen molar-refractivity contribution in [1.29, 1.82) is 0 Å². The standard InChI is InChI=1S/C22H19N3O2S/c1-14-8-10-18-17(12-20(26)27-21(18)15(14)2)13-28-22-23-19(24-25-22)11-9-16-6-4-3-5-7-16/h3-12H,13H2,1-2H3,(H,23,24,25)/b11-9+. The quantitative estimate of drug-likeness (QED) is 0.384. The van der Waals surface area contributed by atoms with Crippen LogP contribution in [-0.2, 0) is 5.75 Å². The highest BCUT2D eigenvalue weighted by Crippen LogP contribution is 2.27. The van der Waals surface area contributed by atoms with Crippen molar-refractivity contribution in [2.75, 3.05) is 0 Å². The van der Waals surface area contributed by atoms with Gasteiger partial charge in [-0.1, -0.05) is 60.3 Å². The lowest BCUT2D eigenvalue weighted by atomic mass is 10.0. The molecule has 140 valence electrons. The molecule has 6 heteroatoms. The van der Waals surface area contributed by atoms with Crippen molar-refractivity contribution in [3.8, 4) is 0 Å². The monoisotopic (exact) mass is 389 g/mol. The molecule has 0 amide bonds. The molecule has 0 aliphatic rings. The van der Waals surface area contributed by atoms with Crippen molar-refractivity contribution in [2.45, 2.75) is 24.8 Å². The maximum Gasteiger partial charge on any atom is 0.336 e. The molecule has 0 atom stereocenters. The number of aryl methyl sites for hydroxylation is 2. The average molecular weight is 389 g/mol. The number of H-pyrrole nitrogens is 1. The number of nitrogens with zero attached hydrogens (tertiary/aromatic N) is 2. The summed E-state index contributed by atoms with van der Waals surface area (Å²) in [5, 5.41) is 8.77. The van der Waals surface area contributed by atoms with E-state index in [2.05, 4.69) is 15.2 Å². The molecule has 0 fully saturated rings. The van der Waals surface area contributed by atoms with Crippen LogP contribution >= 0.6 is 11.8 Å². The van der Waals surface area contributed by atoms with Gasteiger partial charge in [-0.05, 0) is 42.2 Å². The second kappa shape index (κ2) is 7.86. The maximum atomic E-state index is 12.0. The Hall–Kier alpha value is -3.12. The zero-order chi connectivity index (χ0) is 19.5. The summed E-state index contributed by atoms with van der Waals surface area (Å²) >= 11 is 1.48. The van der Waals surface area contributed by atoms with Crippen LogP contribution in [0.4, 0.5) is 0 Å². The van der Waals surface area contributed by atoms with Crippen molar-refractivity contribution >= 4 is 34.9 Å². The molecular weight excluding hydrogens is 370 g/mol. The van der Waals surface area contributed by atoms with Gasteiger partial charge < -0.3 is 4.42 Å². The Bertz CT molecular complexity index is 1210. The lowest BCUT2D eigenvalue weighted by Crippen LogP contribution is -2.01. The summed E-state index contributed by atoms with van der Waals surface area (Å²) in [7, 11) is 0. The highest BCUT2D eigenvalue weighted by Gasteiger charge is 2.11. The van der Waals surface area contributed by atoms with Crippen molar-refractivity contribution in [1.82, 2.24) is 15.2 Å². The third-order valence-corrected chi connectivity index (χ3v) is 5.49. The van der Waals surface area contributed by atoms with Gasteiger partial charge in [-0.3, -0.25) is 5.10 Å². The van der Waals surface area contributed by atoms with Crippen LogP contribution < -0.4 is 5.63 Å². The van der Waals surface area contributed by atoms with E-state index in [0.717, 1.165) is 27.6 Å². The van der Waals surface area contributed by atoms with E-state index in [0.29, 0.717) is 22.3 Å². The first-order chi connectivity index (χ1) is 13.6. The third kappa shape index (κ3) is 3.92. The van der Waals surface area contributed by atoms with E-state index in [1.54, 1.807) is 6.07 Å². The van der Waals surface area contributed by atoms with Crippen LogP contribution in [0.1, 0.15) is 28.1 Å². The van der Waals surface area contributed by atoms with Gasteiger partial charge >= 0.3 is 5.63 Å². The summed E-state index contributed by atoms with van der Waals surface area (Å²) < 4.78 is 5.43. The van der Waals surface area contributed by atoms with E-state index in [9.17, 15) is 4.79 Å². The second-order valence-electron chi connectivity index (χ2n) is 6.51. The number of hydrogen-bond donors (Lipinski definition) is 1. The molecule has 2 aromatic heterocycles. The zero-order valence-corrected chi connectivity index (χ0v) is 16.4. The van der Waals surface area contributed by atoms with E-state index in [1.807, 2.05) is 68.5 Å². The van der Waals surface area contributed by atoms with Gasteiger partial charge in [-0.25, -0.2) is 9.78 Å². The lowest BCUT2D eigenvalue weighted by Gasteiger charge is -2.08. The molecule has 0 aliphatic carbocycles. The minimum absolute atomic E-state index is 0.335. The van der Waals surface area contributed by atoms with E-state index < -0.39 is 0 Å². The summed E-state index contributed by atoms with van der Waals surface area (Å²) in [5.41, 5.74) is 4.44. The molecule has 5 nitrogen and oxygen atoms in total. The number of nitrogens with one attached hydrogen (secondary N) is 1. The van der Waals surface area contributed by atoms with Crippen LogP contribution in [0.15, 0.2) is 62.9 Å². The summed E-state index contributed by atoms with van der Waals surface area (Å²) in [4.78, 5) is 16.5. The molecule has 0 saturated carbocycles. The van der Waals surface area contributed by atoms with Gasteiger partial charge in [0.25, 0.3) is 0 Å². The Morgan fingerprint density at radius 1 is 1.11 bits per heavy atom. The molecule has 2 aromatic carbocycles. The first-order valence-corrected chi connectivity index (χ1v) is 9.90. The number of fused-ring (bicyclic) bond motifs is 1. The predicted octanol–water partition coefficient (Wildman–Crippen LogP) is 4.99. The van der Waals surface area contributed by atoms with Crippen molar-refractivity contribution in [3.05, 3.63) is 87.0 Å². The van der Waals surface area contributed by atoms with Crippen LogP contribution in [0, 0.1) is 13.8 Å². The fraction of sp³-hybridized carbons (Fsp3) is 0.136. The molecule has 4 rings (SSSR count). The van der Waals surface area contributed by atoms with Gasteiger partial charge in [0.2, 0.25) is 5.16 Å². The molecule has 28 heavy (non-hydrogen) atoms. The minimum Gasteiger partial charge on any atom is -0.422 e.